The maximum Gasteiger partial charge on any atom is 0.127 e. The number of anilines is 1. The van der Waals surface area contributed by atoms with Crippen molar-refractivity contribution in [2.45, 2.75) is 13.8 Å². The van der Waals surface area contributed by atoms with Crippen molar-refractivity contribution in [3.63, 3.8) is 0 Å². The summed E-state index contributed by atoms with van der Waals surface area (Å²) in [5.74, 6) is 0.821. The molecular formula is C13H13N5. The molecule has 0 atom stereocenters. The fraction of sp³-hybridized carbons (Fsp3) is 0.154. The van der Waals surface area contributed by atoms with E-state index < -0.39 is 0 Å². The lowest BCUT2D eigenvalue weighted by Gasteiger charge is -2.09. The van der Waals surface area contributed by atoms with Crippen LogP contribution in [0, 0.1) is 13.8 Å². The topological polar surface area (TPSA) is 69.1 Å². The van der Waals surface area contributed by atoms with Crippen molar-refractivity contribution in [2.24, 2.45) is 0 Å². The largest absolute Gasteiger partial charge is 0.397 e. The van der Waals surface area contributed by atoms with E-state index in [9.17, 15) is 0 Å². The minimum atomic E-state index is 0.712. The van der Waals surface area contributed by atoms with E-state index in [-0.39, 0.29) is 0 Å². The Kier molecular flexibility index (Phi) is 2.26. The molecule has 5 nitrogen and oxygen atoms in total. The molecule has 18 heavy (non-hydrogen) atoms. The van der Waals surface area contributed by atoms with E-state index in [1.165, 1.54) is 0 Å². The Balaban J connectivity index is 2.36. The third-order valence-corrected chi connectivity index (χ3v) is 3.08. The van der Waals surface area contributed by atoms with Gasteiger partial charge in [-0.3, -0.25) is 4.98 Å². The van der Waals surface area contributed by atoms with Gasteiger partial charge in [-0.05, 0) is 26.0 Å². The molecular weight excluding hydrogens is 226 g/mol. The summed E-state index contributed by atoms with van der Waals surface area (Å²) in [6, 6.07) is 3.86. The highest BCUT2D eigenvalue weighted by Crippen LogP contribution is 2.27. The van der Waals surface area contributed by atoms with Crippen LogP contribution >= 0.6 is 0 Å². The van der Waals surface area contributed by atoms with Gasteiger partial charge in [-0.1, -0.05) is 0 Å². The Morgan fingerprint density at radius 3 is 2.78 bits per heavy atom. The SMILES string of the molecule is Cc1c(-c2cccnc2)nn2c(C)ncc2c1N. The fourth-order valence-corrected chi connectivity index (χ4v) is 2.02. The number of nitrogens with zero attached hydrogens (tertiary/aromatic N) is 4. The van der Waals surface area contributed by atoms with Crippen LogP contribution in [0.1, 0.15) is 11.4 Å². The molecule has 0 saturated carbocycles. The molecule has 5 heteroatoms. The van der Waals surface area contributed by atoms with Gasteiger partial charge in [0.2, 0.25) is 0 Å². The van der Waals surface area contributed by atoms with Crippen molar-refractivity contribution >= 4 is 11.2 Å². The van der Waals surface area contributed by atoms with Gasteiger partial charge in [0.15, 0.2) is 0 Å². The lowest BCUT2D eigenvalue weighted by atomic mass is 10.1. The first-order chi connectivity index (χ1) is 8.68. The normalized spacial score (nSPS) is 11.0. The van der Waals surface area contributed by atoms with Crippen LogP contribution in [0.25, 0.3) is 16.8 Å². The third-order valence-electron chi connectivity index (χ3n) is 3.08. The Labute approximate surface area is 104 Å². The van der Waals surface area contributed by atoms with Crippen LogP contribution < -0.4 is 5.73 Å². The molecule has 3 rings (SSSR count). The van der Waals surface area contributed by atoms with Gasteiger partial charge in [-0.2, -0.15) is 5.10 Å². The molecule has 0 aliphatic rings. The summed E-state index contributed by atoms with van der Waals surface area (Å²) in [5.41, 5.74) is 10.5. The zero-order valence-corrected chi connectivity index (χ0v) is 10.3. The van der Waals surface area contributed by atoms with Crippen LogP contribution in [0.5, 0.6) is 0 Å². The summed E-state index contributed by atoms with van der Waals surface area (Å²) < 4.78 is 1.77. The molecule has 0 radical (unpaired) electrons. The van der Waals surface area contributed by atoms with Crippen molar-refractivity contribution < 1.29 is 0 Å². The second-order valence-corrected chi connectivity index (χ2v) is 4.23. The number of aromatic nitrogens is 4. The van der Waals surface area contributed by atoms with Gasteiger partial charge in [0.05, 0.1) is 17.6 Å². The summed E-state index contributed by atoms with van der Waals surface area (Å²) >= 11 is 0. The molecule has 0 amide bonds. The molecule has 0 unspecified atom stereocenters. The van der Waals surface area contributed by atoms with Crippen molar-refractivity contribution in [1.82, 2.24) is 19.6 Å². The van der Waals surface area contributed by atoms with Gasteiger partial charge < -0.3 is 5.73 Å². The summed E-state index contributed by atoms with van der Waals surface area (Å²) in [6.45, 7) is 3.87. The molecule has 0 aliphatic heterocycles. The van der Waals surface area contributed by atoms with E-state index in [1.54, 1.807) is 23.1 Å². The highest BCUT2D eigenvalue weighted by molar-refractivity contribution is 5.78. The van der Waals surface area contributed by atoms with Crippen LogP contribution in [0.15, 0.2) is 30.7 Å². The number of nitrogen functional groups attached to an aromatic ring is 1. The number of rotatable bonds is 1. The molecule has 3 aromatic rings. The highest BCUT2D eigenvalue weighted by Gasteiger charge is 2.13. The van der Waals surface area contributed by atoms with Crippen molar-refractivity contribution in [2.75, 3.05) is 5.73 Å². The monoisotopic (exact) mass is 239 g/mol. The lowest BCUT2D eigenvalue weighted by Crippen LogP contribution is -2.04. The summed E-state index contributed by atoms with van der Waals surface area (Å²) in [7, 11) is 0. The quantitative estimate of drug-likeness (QED) is 0.705. The smallest absolute Gasteiger partial charge is 0.127 e. The Morgan fingerprint density at radius 2 is 2.06 bits per heavy atom. The molecule has 0 fully saturated rings. The average Bonchev–Trinajstić information content (AvgIpc) is 2.77. The van der Waals surface area contributed by atoms with Gasteiger partial charge in [-0.15, -0.1) is 0 Å². The van der Waals surface area contributed by atoms with E-state index >= 15 is 0 Å². The summed E-state index contributed by atoms with van der Waals surface area (Å²) in [4.78, 5) is 8.35. The Morgan fingerprint density at radius 1 is 1.22 bits per heavy atom. The van der Waals surface area contributed by atoms with Gasteiger partial charge >= 0.3 is 0 Å². The molecule has 0 aromatic carbocycles. The van der Waals surface area contributed by atoms with E-state index in [2.05, 4.69) is 15.1 Å². The molecule has 0 aliphatic carbocycles. The van der Waals surface area contributed by atoms with E-state index in [0.717, 1.165) is 28.2 Å². The average molecular weight is 239 g/mol. The first-order valence-electron chi connectivity index (χ1n) is 5.69. The minimum Gasteiger partial charge on any atom is -0.397 e. The van der Waals surface area contributed by atoms with Gasteiger partial charge in [0.25, 0.3) is 0 Å². The molecule has 3 heterocycles. The van der Waals surface area contributed by atoms with Crippen molar-refractivity contribution in [3.05, 3.63) is 42.1 Å². The second kappa shape index (κ2) is 3.80. The van der Waals surface area contributed by atoms with Gasteiger partial charge in [0.1, 0.15) is 11.3 Å². The summed E-state index contributed by atoms with van der Waals surface area (Å²) in [6.07, 6.45) is 5.27. The maximum atomic E-state index is 6.15. The van der Waals surface area contributed by atoms with Gasteiger partial charge in [0, 0.05) is 23.5 Å². The van der Waals surface area contributed by atoms with Crippen LogP contribution in [-0.4, -0.2) is 19.6 Å². The number of aryl methyl sites for hydroxylation is 1. The number of hydrogen-bond donors (Lipinski definition) is 1. The first kappa shape index (κ1) is 10.7. The molecule has 0 saturated heterocycles. The first-order valence-corrected chi connectivity index (χ1v) is 5.69. The number of pyridine rings is 1. The molecule has 2 N–H and O–H groups in total. The van der Waals surface area contributed by atoms with E-state index in [1.807, 2.05) is 26.0 Å². The van der Waals surface area contributed by atoms with Crippen LogP contribution in [0.4, 0.5) is 5.69 Å². The van der Waals surface area contributed by atoms with Crippen LogP contribution in [-0.2, 0) is 0 Å². The zero-order valence-electron chi connectivity index (χ0n) is 10.3. The lowest BCUT2D eigenvalue weighted by molar-refractivity contribution is 0.878. The van der Waals surface area contributed by atoms with E-state index in [0.29, 0.717) is 5.69 Å². The van der Waals surface area contributed by atoms with Crippen molar-refractivity contribution in [3.8, 4) is 11.3 Å². The molecule has 0 bridgehead atoms. The third kappa shape index (κ3) is 1.44. The minimum absolute atomic E-state index is 0.712. The Bertz CT molecular complexity index is 715. The Hall–Kier alpha value is -2.43. The number of fused-ring (bicyclic) bond motifs is 1. The van der Waals surface area contributed by atoms with Crippen LogP contribution in [0.2, 0.25) is 0 Å². The van der Waals surface area contributed by atoms with Crippen molar-refractivity contribution in [1.29, 1.82) is 0 Å². The molecule has 0 spiro atoms. The number of imidazole rings is 1. The molecule has 90 valence electrons. The number of nitrogens with two attached hydrogens (primary N) is 1. The predicted octanol–water partition coefficient (Wildman–Crippen LogP) is 1.99. The zero-order chi connectivity index (χ0) is 12.7. The van der Waals surface area contributed by atoms with Crippen LogP contribution in [0.3, 0.4) is 0 Å². The maximum absolute atomic E-state index is 6.15. The fourth-order valence-electron chi connectivity index (χ4n) is 2.02. The summed E-state index contributed by atoms with van der Waals surface area (Å²) in [5, 5.41) is 4.60. The predicted molar refractivity (Wildman–Crippen MR) is 70.1 cm³/mol. The standard InChI is InChI=1S/C13H13N5/c1-8-12(14)11-7-16-9(2)18(11)17-13(8)10-4-3-5-15-6-10/h3-7H,14H2,1-2H3. The van der Waals surface area contributed by atoms with Gasteiger partial charge in [-0.25, -0.2) is 9.50 Å². The second-order valence-electron chi connectivity index (χ2n) is 4.23. The van der Waals surface area contributed by atoms with E-state index in [4.69, 9.17) is 5.73 Å². The number of hydrogen-bond acceptors (Lipinski definition) is 4. The highest BCUT2D eigenvalue weighted by atomic mass is 15.3. The molecule has 3 aromatic heterocycles.